The number of benzene rings is 2. The lowest BCUT2D eigenvalue weighted by Gasteiger charge is -2.37. The van der Waals surface area contributed by atoms with Crippen molar-refractivity contribution < 1.29 is 8.42 Å². The van der Waals surface area contributed by atoms with Gasteiger partial charge in [-0.05, 0) is 48.9 Å². The Bertz CT molecular complexity index is 945. The highest BCUT2D eigenvalue weighted by molar-refractivity contribution is 7.88. The third-order valence-corrected chi connectivity index (χ3v) is 9.17. The number of hydrogen-bond donors (Lipinski definition) is 0. The molecule has 0 amide bonds. The number of rotatable bonds is 6. The number of piperidine rings is 1. The van der Waals surface area contributed by atoms with Crippen molar-refractivity contribution in [1.82, 2.24) is 14.1 Å². The van der Waals surface area contributed by atoms with Gasteiger partial charge in [-0.3, -0.25) is 9.80 Å². The molecule has 2 unspecified atom stereocenters. The smallest absolute Gasteiger partial charge is 0.218 e. The van der Waals surface area contributed by atoms with Crippen LogP contribution >= 0.6 is 0 Å². The Kier molecular flexibility index (Phi) is 6.15. The Hall–Kier alpha value is -1.73. The van der Waals surface area contributed by atoms with Gasteiger partial charge in [0.2, 0.25) is 10.0 Å². The zero-order chi connectivity index (χ0) is 21.3. The largest absolute Gasteiger partial charge is 0.300 e. The second-order valence-corrected chi connectivity index (χ2v) is 11.5. The summed E-state index contributed by atoms with van der Waals surface area (Å²) in [6, 6.07) is 21.0. The fourth-order valence-electron chi connectivity index (χ4n) is 5.67. The molecule has 31 heavy (non-hydrogen) atoms. The van der Waals surface area contributed by atoms with E-state index < -0.39 is 10.0 Å². The highest BCUT2D eigenvalue weighted by Gasteiger charge is 2.45. The first-order valence-electron chi connectivity index (χ1n) is 11.6. The maximum Gasteiger partial charge on any atom is 0.218 e. The summed E-state index contributed by atoms with van der Waals surface area (Å²) in [5.74, 6) is 1.11. The van der Waals surface area contributed by atoms with Crippen molar-refractivity contribution in [2.45, 2.75) is 31.2 Å². The van der Waals surface area contributed by atoms with Gasteiger partial charge in [-0.1, -0.05) is 60.7 Å². The molecule has 0 saturated carbocycles. The standard InChI is InChI=1S/C25H33N3O2S/c29-31(30,20-22-9-5-2-6-10-22)28-18-23-16-27(17-24(23)19-28)25-11-13-26(14-12-25)15-21-7-3-1-4-8-21/h1-10,23-25H,11-20H2. The summed E-state index contributed by atoms with van der Waals surface area (Å²) in [7, 11) is -3.23. The van der Waals surface area contributed by atoms with E-state index >= 15 is 0 Å². The Balaban J connectivity index is 1.11. The van der Waals surface area contributed by atoms with Crippen molar-refractivity contribution in [1.29, 1.82) is 0 Å². The molecule has 6 heteroatoms. The van der Waals surface area contributed by atoms with Crippen LogP contribution in [0.4, 0.5) is 0 Å². The van der Waals surface area contributed by atoms with Crippen LogP contribution in [0.5, 0.6) is 0 Å². The second kappa shape index (κ2) is 9.02. The third kappa shape index (κ3) is 4.87. The van der Waals surface area contributed by atoms with E-state index in [-0.39, 0.29) is 5.75 Å². The quantitative estimate of drug-likeness (QED) is 0.694. The second-order valence-electron chi connectivity index (χ2n) is 9.53. The minimum Gasteiger partial charge on any atom is -0.300 e. The molecule has 0 aliphatic carbocycles. The van der Waals surface area contributed by atoms with Gasteiger partial charge >= 0.3 is 0 Å². The van der Waals surface area contributed by atoms with Gasteiger partial charge < -0.3 is 0 Å². The van der Waals surface area contributed by atoms with Crippen molar-refractivity contribution in [3.63, 3.8) is 0 Å². The summed E-state index contributed by atoms with van der Waals surface area (Å²) < 4.78 is 27.6. The summed E-state index contributed by atoms with van der Waals surface area (Å²) in [5.41, 5.74) is 2.27. The molecule has 3 heterocycles. The van der Waals surface area contributed by atoms with Crippen LogP contribution in [-0.2, 0) is 22.3 Å². The van der Waals surface area contributed by atoms with E-state index in [1.54, 1.807) is 4.31 Å². The maximum atomic E-state index is 12.9. The zero-order valence-electron chi connectivity index (χ0n) is 18.1. The van der Waals surface area contributed by atoms with Crippen LogP contribution in [0.25, 0.3) is 0 Å². The van der Waals surface area contributed by atoms with E-state index in [4.69, 9.17) is 0 Å². The molecule has 0 spiro atoms. The summed E-state index contributed by atoms with van der Waals surface area (Å²) in [6.45, 7) is 6.88. The van der Waals surface area contributed by atoms with Gasteiger partial charge in [-0.2, -0.15) is 0 Å². The molecule has 2 aromatic rings. The van der Waals surface area contributed by atoms with E-state index in [2.05, 4.69) is 40.1 Å². The number of likely N-dealkylation sites (tertiary alicyclic amines) is 2. The molecule has 0 aromatic heterocycles. The average molecular weight is 440 g/mol. The van der Waals surface area contributed by atoms with Gasteiger partial charge in [0.25, 0.3) is 0 Å². The molecule has 3 fully saturated rings. The van der Waals surface area contributed by atoms with Crippen LogP contribution < -0.4 is 0 Å². The highest BCUT2D eigenvalue weighted by atomic mass is 32.2. The average Bonchev–Trinajstić information content (AvgIpc) is 3.36. The summed E-state index contributed by atoms with van der Waals surface area (Å²) in [6.07, 6.45) is 2.45. The maximum absolute atomic E-state index is 12.9. The van der Waals surface area contributed by atoms with Crippen LogP contribution in [0.3, 0.4) is 0 Å². The summed E-state index contributed by atoms with van der Waals surface area (Å²) >= 11 is 0. The van der Waals surface area contributed by atoms with E-state index in [1.165, 1.54) is 18.4 Å². The number of fused-ring (bicyclic) bond motifs is 1. The lowest BCUT2D eigenvalue weighted by atomic mass is 10.0. The SMILES string of the molecule is O=S(=O)(Cc1ccccc1)N1CC2CN(C3CCN(Cc4ccccc4)CC3)CC2C1. The van der Waals surface area contributed by atoms with E-state index in [9.17, 15) is 8.42 Å². The molecule has 3 aliphatic rings. The lowest BCUT2D eigenvalue weighted by molar-refractivity contribution is 0.115. The highest BCUT2D eigenvalue weighted by Crippen LogP contribution is 2.35. The third-order valence-electron chi connectivity index (χ3n) is 7.39. The van der Waals surface area contributed by atoms with Crippen LogP contribution in [-0.4, -0.2) is 67.8 Å². The molecular formula is C25H33N3O2S. The van der Waals surface area contributed by atoms with Crippen LogP contribution in [0, 0.1) is 11.8 Å². The first-order chi connectivity index (χ1) is 15.1. The van der Waals surface area contributed by atoms with Crippen molar-refractivity contribution >= 4 is 10.0 Å². The predicted molar refractivity (Wildman–Crippen MR) is 124 cm³/mol. The topological polar surface area (TPSA) is 43.9 Å². The molecule has 5 nitrogen and oxygen atoms in total. The number of nitrogens with zero attached hydrogens (tertiary/aromatic N) is 3. The van der Waals surface area contributed by atoms with Gasteiger partial charge in [-0.15, -0.1) is 0 Å². The Morgan fingerprint density at radius 1 is 0.742 bits per heavy atom. The molecule has 166 valence electrons. The molecule has 0 N–H and O–H groups in total. The minimum atomic E-state index is -3.23. The number of sulfonamides is 1. The van der Waals surface area contributed by atoms with E-state index in [1.807, 2.05) is 30.3 Å². The fraction of sp³-hybridized carbons (Fsp3) is 0.520. The van der Waals surface area contributed by atoms with Gasteiger partial charge in [-0.25, -0.2) is 12.7 Å². The van der Waals surface area contributed by atoms with E-state index in [0.29, 0.717) is 31.0 Å². The minimum absolute atomic E-state index is 0.122. The van der Waals surface area contributed by atoms with Crippen molar-refractivity contribution in [2.24, 2.45) is 11.8 Å². The summed E-state index contributed by atoms with van der Waals surface area (Å²) in [4.78, 5) is 5.23. The number of hydrogen-bond acceptors (Lipinski definition) is 4. The normalized spacial score (nSPS) is 26.3. The Labute approximate surface area is 186 Å². The first kappa shape index (κ1) is 21.1. The molecule has 0 bridgehead atoms. The van der Waals surface area contributed by atoms with Gasteiger partial charge in [0.1, 0.15) is 0 Å². The Morgan fingerprint density at radius 3 is 1.87 bits per heavy atom. The lowest BCUT2D eigenvalue weighted by Crippen LogP contribution is -2.45. The zero-order valence-corrected chi connectivity index (χ0v) is 19.0. The monoisotopic (exact) mass is 439 g/mol. The van der Waals surface area contributed by atoms with Crippen molar-refractivity contribution in [2.75, 3.05) is 39.3 Å². The van der Waals surface area contributed by atoms with Gasteiger partial charge in [0, 0.05) is 38.8 Å². The van der Waals surface area contributed by atoms with Gasteiger partial charge in [0.05, 0.1) is 5.75 Å². The molecule has 0 radical (unpaired) electrons. The van der Waals surface area contributed by atoms with Crippen LogP contribution in [0.2, 0.25) is 0 Å². The molecular weight excluding hydrogens is 406 g/mol. The van der Waals surface area contributed by atoms with Crippen LogP contribution in [0.15, 0.2) is 60.7 Å². The predicted octanol–water partition coefficient (Wildman–Crippen LogP) is 3.04. The van der Waals surface area contributed by atoms with Crippen molar-refractivity contribution in [3.8, 4) is 0 Å². The Morgan fingerprint density at radius 2 is 1.29 bits per heavy atom. The molecule has 2 atom stereocenters. The molecule has 3 aliphatic heterocycles. The molecule has 3 saturated heterocycles. The first-order valence-corrected chi connectivity index (χ1v) is 13.2. The molecule has 2 aromatic carbocycles. The van der Waals surface area contributed by atoms with Gasteiger partial charge in [0.15, 0.2) is 0 Å². The fourth-order valence-corrected chi connectivity index (χ4v) is 7.31. The van der Waals surface area contributed by atoms with Crippen molar-refractivity contribution in [3.05, 3.63) is 71.8 Å². The summed E-state index contributed by atoms with van der Waals surface area (Å²) in [5, 5.41) is 0. The molecule has 5 rings (SSSR count). The van der Waals surface area contributed by atoms with Crippen LogP contribution in [0.1, 0.15) is 24.0 Å². The van der Waals surface area contributed by atoms with E-state index in [0.717, 1.165) is 38.3 Å².